The minimum absolute atomic E-state index is 0.230. The molecular weight excluding hydrogens is 240 g/mol. The third-order valence-electron chi connectivity index (χ3n) is 3.99. The summed E-state index contributed by atoms with van der Waals surface area (Å²) >= 11 is 0. The van der Waals surface area contributed by atoms with Crippen LogP contribution in [0, 0.1) is 0 Å². The van der Waals surface area contributed by atoms with Gasteiger partial charge in [0.05, 0.1) is 23.1 Å². The highest BCUT2D eigenvalue weighted by atomic mass is 16.3. The summed E-state index contributed by atoms with van der Waals surface area (Å²) in [6.07, 6.45) is 6.13. The molecule has 1 aliphatic heterocycles. The van der Waals surface area contributed by atoms with Gasteiger partial charge in [0, 0.05) is 24.6 Å². The fourth-order valence-corrected chi connectivity index (χ4v) is 3.01. The van der Waals surface area contributed by atoms with Gasteiger partial charge < -0.3 is 15.7 Å². The number of hydrogen-bond acceptors (Lipinski definition) is 4. The van der Waals surface area contributed by atoms with Crippen LogP contribution in [0.1, 0.15) is 25.7 Å². The molecule has 0 saturated carbocycles. The highest BCUT2D eigenvalue weighted by Crippen LogP contribution is 2.33. The average molecular weight is 260 g/mol. The minimum atomic E-state index is 0.230. The number of nitrogens with one attached hydrogen (secondary N) is 1. The quantitative estimate of drug-likeness (QED) is 0.736. The molecule has 3 rings (SSSR count). The number of aromatic amines is 1. The summed E-state index contributed by atoms with van der Waals surface area (Å²) in [6, 6.07) is 4.44. The smallest absolute Gasteiger partial charge is 0.0672 e. The van der Waals surface area contributed by atoms with Gasteiger partial charge in [-0.2, -0.15) is 5.10 Å². The van der Waals surface area contributed by atoms with Gasteiger partial charge in [0.15, 0.2) is 0 Å². The van der Waals surface area contributed by atoms with Crippen molar-refractivity contribution in [3.63, 3.8) is 0 Å². The lowest BCUT2D eigenvalue weighted by atomic mass is 9.98. The van der Waals surface area contributed by atoms with E-state index >= 15 is 0 Å². The Morgan fingerprint density at radius 3 is 3.16 bits per heavy atom. The number of nitrogens with two attached hydrogens (primary N) is 1. The van der Waals surface area contributed by atoms with E-state index in [1.54, 1.807) is 6.20 Å². The summed E-state index contributed by atoms with van der Waals surface area (Å²) in [6.45, 7) is 1.24. The second-order valence-corrected chi connectivity index (χ2v) is 5.22. The van der Waals surface area contributed by atoms with Crippen LogP contribution in [0.2, 0.25) is 0 Å². The molecule has 1 atom stereocenters. The van der Waals surface area contributed by atoms with E-state index < -0.39 is 0 Å². The van der Waals surface area contributed by atoms with Gasteiger partial charge in [-0.05, 0) is 37.8 Å². The van der Waals surface area contributed by atoms with Gasteiger partial charge in [-0.15, -0.1) is 0 Å². The predicted molar refractivity (Wildman–Crippen MR) is 77.2 cm³/mol. The van der Waals surface area contributed by atoms with Gasteiger partial charge in [0.25, 0.3) is 0 Å². The molecule has 2 heterocycles. The van der Waals surface area contributed by atoms with Crippen molar-refractivity contribution in [2.24, 2.45) is 0 Å². The standard InChI is InChI=1S/C14H20N4O/c15-12-7-10-9-16-17-13(10)8-14(12)18-5-2-1-3-11(18)4-6-19/h7-9,11,19H,1-6,15H2,(H,16,17). The van der Waals surface area contributed by atoms with Gasteiger partial charge in [0.2, 0.25) is 0 Å². The number of fused-ring (bicyclic) bond motifs is 1. The third-order valence-corrected chi connectivity index (χ3v) is 3.99. The lowest BCUT2D eigenvalue weighted by Gasteiger charge is -2.38. The lowest BCUT2D eigenvalue weighted by molar-refractivity contribution is 0.262. The van der Waals surface area contributed by atoms with Crippen LogP contribution in [0.4, 0.5) is 11.4 Å². The summed E-state index contributed by atoms with van der Waals surface area (Å²) in [5.74, 6) is 0. The maximum absolute atomic E-state index is 9.22. The Labute approximate surface area is 112 Å². The number of rotatable bonds is 3. The zero-order valence-electron chi connectivity index (χ0n) is 11.0. The lowest BCUT2D eigenvalue weighted by Crippen LogP contribution is -2.40. The molecule has 5 nitrogen and oxygen atoms in total. The van der Waals surface area contributed by atoms with Crippen LogP contribution >= 0.6 is 0 Å². The van der Waals surface area contributed by atoms with Gasteiger partial charge in [0.1, 0.15) is 0 Å². The van der Waals surface area contributed by atoms with E-state index in [4.69, 9.17) is 5.73 Å². The van der Waals surface area contributed by atoms with Crippen LogP contribution in [0.15, 0.2) is 18.3 Å². The van der Waals surface area contributed by atoms with Crippen LogP contribution in [-0.4, -0.2) is 34.5 Å². The fraction of sp³-hybridized carbons (Fsp3) is 0.500. The highest BCUT2D eigenvalue weighted by Gasteiger charge is 2.24. The maximum atomic E-state index is 9.22. The number of piperidine rings is 1. The molecule has 0 aliphatic carbocycles. The molecule has 5 heteroatoms. The van der Waals surface area contributed by atoms with E-state index in [1.165, 1.54) is 12.8 Å². The highest BCUT2D eigenvalue weighted by molar-refractivity contribution is 5.89. The van der Waals surface area contributed by atoms with E-state index in [2.05, 4.69) is 21.2 Å². The van der Waals surface area contributed by atoms with Crippen molar-refractivity contribution >= 4 is 22.3 Å². The number of nitrogen functional groups attached to an aromatic ring is 1. The molecule has 4 N–H and O–H groups in total. The average Bonchev–Trinajstić information content (AvgIpc) is 2.86. The Kier molecular flexibility index (Phi) is 3.29. The summed E-state index contributed by atoms with van der Waals surface area (Å²) in [5.41, 5.74) is 9.06. The molecular formula is C14H20N4O. The van der Waals surface area contributed by atoms with Gasteiger partial charge in [-0.3, -0.25) is 5.10 Å². The molecule has 0 radical (unpaired) electrons. The first kappa shape index (κ1) is 12.3. The van der Waals surface area contributed by atoms with Crippen LogP contribution in [0.25, 0.3) is 10.9 Å². The zero-order valence-corrected chi connectivity index (χ0v) is 11.0. The van der Waals surface area contributed by atoms with E-state index in [-0.39, 0.29) is 6.61 Å². The molecule has 1 fully saturated rings. The van der Waals surface area contributed by atoms with Crippen LogP contribution < -0.4 is 10.6 Å². The monoisotopic (exact) mass is 260 g/mol. The van der Waals surface area contributed by atoms with Gasteiger partial charge in [-0.25, -0.2) is 0 Å². The third kappa shape index (κ3) is 2.26. The molecule has 1 aromatic carbocycles. The van der Waals surface area contributed by atoms with E-state index in [0.717, 1.165) is 41.7 Å². The largest absolute Gasteiger partial charge is 0.397 e. The second kappa shape index (κ2) is 5.09. The number of aliphatic hydroxyl groups is 1. The van der Waals surface area contributed by atoms with Crippen molar-refractivity contribution in [1.82, 2.24) is 10.2 Å². The molecule has 1 aliphatic rings. The van der Waals surface area contributed by atoms with Crippen molar-refractivity contribution in [1.29, 1.82) is 0 Å². The Hall–Kier alpha value is -1.75. The Morgan fingerprint density at radius 1 is 1.42 bits per heavy atom. The van der Waals surface area contributed by atoms with Gasteiger partial charge in [-0.1, -0.05) is 0 Å². The number of anilines is 2. The minimum Gasteiger partial charge on any atom is -0.397 e. The molecule has 1 saturated heterocycles. The first-order valence-electron chi connectivity index (χ1n) is 6.89. The summed E-state index contributed by atoms with van der Waals surface area (Å²) < 4.78 is 0. The van der Waals surface area contributed by atoms with Gasteiger partial charge >= 0.3 is 0 Å². The molecule has 1 unspecified atom stereocenters. The number of aliphatic hydroxyl groups excluding tert-OH is 1. The summed E-state index contributed by atoms with van der Waals surface area (Å²) in [4.78, 5) is 2.34. The summed E-state index contributed by atoms with van der Waals surface area (Å²) in [7, 11) is 0. The Morgan fingerprint density at radius 2 is 2.32 bits per heavy atom. The normalized spacial score (nSPS) is 20.1. The van der Waals surface area contributed by atoms with Crippen molar-refractivity contribution in [2.75, 3.05) is 23.8 Å². The second-order valence-electron chi connectivity index (χ2n) is 5.22. The van der Waals surface area contributed by atoms with Crippen LogP contribution in [-0.2, 0) is 0 Å². The van der Waals surface area contributed by atoms with E-state index in [0.29, 0.717) is 6.04 Å². The van der Waals surface area contributed by atoms with Crippen LogP contribution in [0.3, 0.4) is 0 Å². The van der Waals surface area contributed by atoms with Crippen molar-refractivity contribution in [3.05, 3.63) is 18.3 Å². The van der Waals surface area contributed by atoms with Crippen LogP contribution in [0.5, 0.6) is 0 Å². The number of nitrogens with zero attached hydrogens (tertiary/aromatic N) is 2. The first-order valence-corrected chi connectivity index (χ1v) is 6.89. The maximum Gasteiger partial charge on any atom is 0.0672 e. The molecule has 0 bridgehead atoms. The number of benzene rings is 1. The van der Waals surface area contributed by atoms with Crippen molar-refractivity contribution < 1.29 is 5.11 Å². The molecule has 102 valence electrons. The number of hydrogen-bond donors (Lipinski definition) is 3. The van der Waals surface area contributed by atoms with E-state index in [1.807, 2.05) is 6.07 Å². The molecule has 0 spiro atoms. The molecule has 2 aromatic rings. The summed E-state index contributed by atoms with van der Waals surface area (Å²) in [5, 5.41) is 17.3. The number of aromatic nitrogens is 2. The zero-order chi connectivity index (χ0) is 13.2. The molecule has 19 heavy (non-hydrogen) atoms. The van der Waals surface area contributed by atoms with Crippen molar-refractivity contribution in [2.45, 2.75) is 31.7 Å². The Bertz CT molecular complexity index is 564. The van der Waals surface area contributed by atoms with E-state index in [9.17, 15) is 5.11 Å². The first-order chi connectivity index (χ1) is 9.29. The topological polar surface area (TPSA) is 78.2 Å². The van der Waals surface area contributed by atoms with Crippen molar-refractivity contribution in [3.8, 4) is 0 Å². The Balaban J connectivity index is 1.98. The fourth-order valence-electron chi connectivity index (χ4n) is 3.01. The predicted octanol–water partition coefficient (Wildman–Crippen LogP) is 1.89. The molecule has 0 amide bonds. The number of H-pyrrole nitrogens is 1. The molecule has 1 aromatic heterocycles. The SMILES string of the molecule is Nc1cc2cn[nH]c2cc1N1CCCCC1CCO.